The van der Waals surface area contributed by atoms with Gasteiger partial charge in [0.05, 0.1) is 29.3 Å². The van der Waals surface area contributed by atoms with Crippen LogP contribution < -0.4 is 4.90 Å². The minimum absolute atomic E-state index is 0.0330. The van der Waals surface area contributed by atoms with E-state index in [-0.39, 0.29) is 43.0 Å². The number of anilines is 1. The van der Waals surface area contributed by atoms with Gasteiger partial charge in [0.15, 0.2) is 0 Å². The number of alkyl halides is 6. The smallest absolute Gasteiger partial charge is 0.416 e. The lowest BCUT2D eigenvalue weighted by Gasteiger charge is -2.34. The van der Waals surface area contributed by atoms with E-state index < -0.39 is 60.2 Å². The molecule has 1 saturated heterocycles. The van der Waals surface area contributed by atoms with Gasteiger partial charge in [-0.2, -0.15) is 31.4 Å². The van der Waals surface area contributed by atoms with Crippen molar-refractivity contribution in [2.45, 2.75) is 69.7 Å². The molecule has 16 heteroatoms. The summed E-state index contributed by atoms with van der Waals surface area (Å²) in [7, 11) is 1.72. The second kappa shape index (κ2) is 12.2. The summed E-state index contributed by atoms with van der Waals surface area (Å²) in [6, 6.07) is 0.453. The third kappa shape index (κ3) is 7.14. The Kier molecular flexibility index (Phi) is 8.68. The van der Waals surface area contributed by atoms with Crippen molar-refractivity contribution >= 4 is 18.0 Å². The molecule has 1 aliphatic carbocycles. The van der Waals surface area contributed by atoms with E-state index in [2.05, 4.69) is 15.1 Å². The van der Waals surface area contributed by atoms with Crippen molar-refractivity contribution in [3.8, 4) is 11.1 Å². The maximum absolute atomic E-state index is 13.6. The van der Waals surface area contributed by atoms with Gasteiger partial charge in [-0.3, -0.25) is 9.48 Å². The number of hydrogen-bond acceptors (Lipinski definition) is 7. The van der Waals surface area contributed by atoms with Gasteiger partial charge in [0.2, 0.25) is 5.95 Å². The molecule has 1 aromatic carbocycles. The Morgan fingerprint density at radius 3 is 2.11 bits per heavy atom. The summed E-state index contributed by atoms with van der Waals surface area (Å²) >= 11 is 0. The molecular formula is C29H30F6N6O4. The van der Waals surface area contributed by atoms with Gasteiger partial charge >= 0.3 is 24.4 Å². The van der Waals surface area contributed by atoms with Gasteiger partial charge < -0.3 is 19.6 Å². The maximum Gasteiger partial charge on any atom is 0.416 e. The van der Waals surface area contributed by atoms with Crippen LogP contribution in [0, 0.1) is 5.92 Å². The average Bonchev–Trinajstić information content (AvgIpc) is 3.58. The zero-order valence-electron chi connectivity index (χ0n) is 24.2. The maximum atomic E-state index is 13.6. The number of carboxylic acids is 1. The van der Waals surface area contributed by atoms with Gasteiger partial charge in [-0.15, -0.1) is 0 Å². The molecule has 1 N–H and O–H groups in total. The number of rotatable bonds is 8. The van der Waals surface area contributed by atoms with Crippen molar-refractivity contribution in [2.75, 3.05) is 11.4 Å². The van der Waals surface area contributed by atoms with Gasteiger partial charge in [-0.25, -0.2) is 14.8 Å². The summed E-state index contributed by atoms with van der Waals surface area (Å²) in [5.41, 5.74) is -1.86. The third-order valence-electron chi connectivity index (χ3n) is 8.18. The van der Waals surface area contributed by atoms with Crippen molar-refractivity contribution in [1.82, 2.24) is 24.6 Å². The summed E-state index contributed by atoms with van der Waals surface area (Å²) < 4.78 is 89.0. The number of aromatic nitrogens is 4. The fourth-order valence-electron chi connectivity index (χ4n) is 5.66. The predicted octanol–water partition coefficient (Wildman–Crippen LogP) is 5.77. The number of ether oxygens (including phenoxy) is 1. The fourth-order valence-corrected chi connectivity index (χ4v) is 5.66. The van der Waals surface area contributed by atoms with E-state index >= 15 is 0 Å². The number of amides is 1. The van der Waals surface area contributed by atoms with Crippen LogP contribution in [-0.2, 0) is 35.5 Å². The van der Waals surface area contributed by atoms with E-state index in [0.717, 1.165) is 0 Å². The SMILES string of the molecule is CC[C@@H]1C[C@H](N(Cc2cc(C(F)(F)F)cc(C(F)(F)F)c2)c2ncc(-c3cnn(C)c3)cn2)CN1C(=O)O[C@H]1C[C@H](C(=O)O)C1. The molecule has 0 unspecified atom stereocenters. The van der Waals surface area contributed by atoms with Crippen LogP contribution in [0.4, 0.5) is 37.1 Å². The number of hydrogen-bond donors (Lipinski definition) is 1. The Morgan fingerprint density at radius 1 is 0.978 bits per heavy atom. The first kappa shape index (κ1) is 32.0. The molecular weight excluding hydrogens is 610 g/mol. The summed E-state index contributed by atoms with van der Waals surface area (Å²) in [6.07, 6.45) is -3.81. The zero-order chi connectivity index (χ0) is 32.7. The first-order valence-corrected chi connectivity index (χ1v) is 14.2. The Bertz CT molecular complexity index is 1500. The Labute approximate surface area is 253 Å². The Balaban J connectivity index is 1.45. The van der Waals surface area contributed by atoms with Crippen molar-refractivity contribution < 1.29 is 45.8 Å². The number of carbonyl (C=O) groups excluding carboxylic acids is 1. The summed E-state index contributed by atoms with van der Waals surface area (Å²) in [5.74, 6) is -1.51. The second-order valence-corrected chi connectivity index (χ2v) is 11.3. The van der Waals surface area contributed by atoms with Crippen LogP contribution in [0.25, 0.3) is 11.1 Å². The molecule has 2 aromatic heterocycles. The number of likely N-dealkylation sites (tertiary alicyclic amines) is 1. The van der Waals surface area contributed by atoms with Crippen LogP contribution >= 0.6 is 0 Å². The van der Waals surface area contributed by atoms with Gasteiger partial charge in [0.25, 0.3) is 0 Å². The highest BCUT2D eigenvalue weighted by Crippen LogP contribution is 2.38. The van der Waals surface area contributed by atoms with E-state index in [9.17, 15) is 35.9 Å². The first-order chi connectivity index (χ1) is 21.1. The van der Waals surface area contributed by atoms with Crippen molar-refractivity contribution in [3.05, 3.63) is 59.7 Å². The molecule has 0 radical (unpaired) electrons. The third-order valence-corrected chi connectivity index (χ3v) is 8.18. The van der Waals surface area contributed by atoms with Crippen LogP contribution in [-0.4, -0.2) is 66.5 Å². The van der Waals surface area contributed by atoms with E-state index in [1.807, 2.05) is 6.92 Å². The molecule has 3 aromatic rings. The predicted molar refractivity (Wildman–Crippen MR) is 147 cm³/mol. The van der Waals surface area contributed by atoms with Crippen LogP contribution in [0.1, 0.15) is 49.3 Å². The molecule has 5 rings (SSSR count). The van der Waals surface area contributed by atoms with E-state index in [1.165, 1.54) is 22.2 Å². The van der Waals surface area contributed by atoms with Gasteiger partial charge in [0.1, 0.15) is 6.10 Å². The van der Waals surface area contributed by atoms with Gasteiger partial charge in [-0.1, -0.05) is 6.92 Å². The molecule has 2 aliphatic rings. The fraction of sp³-hybridized carbons (Fsp3) is 0.483. The summed E-state index contributed by atoms with van der Waals surface area (Å²) in [5, 5.41) is 13.2. The van der Waals surface area contributed by atoms with Crippen molar-refractivity contribution in [1.29, 1.82) is 0 Å². The normalized spacial score (nSPS) is 21.8. The van der Waals surface area contributed by atoms with Crippen LogP contribution in [0.3, 0.4) is 0 Å². The van der Waals surface area contributed by atoms with Gasteiger partial charge in [-0.05, 0) is 49.4 Å². The minimum Gasteiger partial charge on any atom is -0.481 e. The number of carbonyl (C=O) groups is 2. The monoisotopic (exact) mass is 640 g/mol. The molecule has 0 bridgehead atoms. The highest BCUT2D eigenvalue weighted by atomic mass is 19.4. The van der Waals surface area contributed by atoms with Crippen LogP contribution in [0.15, 0.2) is 43.0 Å². The number of aliphatic carboxylic acids is 1. The molecule has 1 amide bonds. The van der Waals surface area contributed by atoms with Crippen LogP contribution in [0.5, 0.6) is 0 Å². The lowest BCUT2D eigenvalue weighted by Crippen LogP contribution is -2.44. The molecule has 45 heavy (non-hydrogen) atoms. The topological polar surface area (TPSA) is 114 Å². The van der Waals surface area contributed by atoms with Crippen molar-refractivity contribution in [3.63, 3.8) is 0 Å². The molecule has 10 nitrogen and oxygen atoms in total. The quantitative estimate of drug-likeness (QED) is 0.309. The van der Waals surface area contributed by atoms with Gasteiger partial charge in [0, 0.05) is 55.9 Å². The molecule has 242 valence electrons. The molecule has 1 aliphatic heterocycles. The minimum atomic E-state index is -5.02. The van der Waals surface area contributed by atoms with E-state index in [4.69, 9.17) is 9.84 Å². The standard InChI is InChI=1S/C29H30F6N6O4/c1-3-22-9-23(15-41(22)27(44)45-24-6-17(7-24)25(42)43)40(26-36-10-18(11-37-26)19-12-38-39(2)14-19)13-16-4-20(28(30,31)32)8-21(5-16)29(33,34)35/h4-5,8,10-12,14,17,22-24H,3,6-7,9,13,15H2,1-2H3,(H,42,43)/t17-,22-,23+,24-/m1/s1. The molecule has 0 spiro atoms. The molecule has 2 fully saturated rings. The lowest BCUT2D eigenvalue weighted by molar-refractivity contribution is -0.149. The number of nitrogens with zero attached hydrogens (tertiary/aromatic N) is 6. The molecule has 2 atom stereocenters. The lowest BCUT2D eigenvalue weighted by atomic mass is 9.82. The van der Waals surface area contributed by atoms with Crippen LogP contribution in [0.2, 0.25) is 0 Å². The largest absolute Gasteiger partial charge is 0.481 e. The number of aryl methyl sites for hydroxylation is 1. The Hall–Kier alpha value is -4.37. The zero-order valence-corrected chi connectivity index (χ0v) is 24.2. The van der Waals surface area contributed by atoms with E-state index in [1.54, 1.807) is 24.1 Å². The summed E-state index contributed by atoms with van der Waals surface area (Å²) in [6.45, 7) is 1.46. The number of halogens is 6. The van der Waals surface area contributed by atoms with Crippen molar-refractivity contribution in [2.24, 2.45) is 13.0 Å². The average molecular weight is 641 g/mol. The number of benzene rings is 1. The second-order valence-electron chi connectivity index (χ2n) is 11.3. The van der Waals surface area contributed by atoms with E-state index in [0.29, 0.717) is 36.1 Å². The molecule has 1 saturated carbocycles. The highest BCUT2D eigenvalue weighted by molar-refractivity contribution is 5.72. The first-order valence-electron chi connectivity index (χ1n) is 14.2. The summed E-state index contributed by atoms with van der Waals surface area (Å²) in [4.78, 5) is 36.0. The molecule has 3 heterocycles. The highest BCUT2D eigenvalue weighted by Gasteiger charge is 2.43. The number of carboxylic acid groups (broad SMARTS) is 1. The Morgan fingerprint density at radius 2 is 1.60 bits per heavy atom.